The molecule has 0 saturated carbocycles. The number of hydrogen-bond donors (Lipinski definition) is 0. The van der Waals surface area contributed by atoms with Crippen LogP contribution in [0.15, 0.2) is 24.3 Å². The molecule has 1 aromatic rings. The first-order valence-corrected chi connectivity index (χ1v) is 4.46. The first-order chi connectivity index (χ1) is 4.34. The predicted octanol–water partition coefficient (Wildman–Crippen LogP) is 1.86. The van der Waals surface area contributed by atoms with Crippen molar-refractivity contribution in [3.05, 3.63) is 29.8 Å². The van der Waals surface area contributed by atoms with Crippen molar-refractivity contribution in [2.24, 2.45) is 0 Å². The van der Waals surface area contributed by atoms with Gasteiger partial charge < -0.3 is 0 Å². The van der Waals surface area contributed by atoms with Gasteiger partial charge in [0.05, 0.1) is 0 Å². The number of hydrogen-bond acceptors (Lipinski definition) is 0. The van der Waals surface area contributed by atoms with Gasteiger partial charge in [0.2, 0.25) is 0 Å². The normalized spacial score (nSPS) is 10.0. The summed E-state index contributed by atoms with van der Waals surface area (Å²) in [6.45, 7) is 2.05. The van der Waals surface area contributed by atoms with Crippen molar-refractivity contribution in [3.63, 3.8) is 0 Å². The second-order valence-corrected chi connectivity index (χ2v) is 2.99. The average molecular weight is 185 g/mol. The molecule has 52 valence electrons. The van der Waals surface area contributed by atoms with Crippen LogP contribution < -0.4 is 4.53 Å². The molecule has 1 rings (SSSR count). The number of aryl methyl sites for hydroxylation is 1. The fourth-order valence-corrected chi connectivity index (χ4v) is 1.55. The summed E-state index contributed by atoms with van der Waals surface area (Å²) in [5.41, 5.74) is 1.24. The van der Waals surface area contributed by atoms with E-state index in [0.29, 0.717) is 0 Å². The molecule has 0 saturated heterocycles. The molecule has 0 bridgehead atoms. The van der Waals surface area contributed by atoms with E-state index in [4.69, 9.17) is 10.2 Å². The van der Waals surface area contributed by atoms with E-state index in [1.807, 2.05) is 18.2 Å². The van der Waals surface area contributed by atoms with Gasteiger partial charge in [0.1, 0.15) is 0 Å². The number of halogens is 1. The summed E-state index contributed by atoms with van der Waals surface area (Å²) in [6.07, 6.45) is 0. The Hall–Kier alpha value is 0.00351. The van der Waals surface area contributed by atoms with E-state index in [-0.39, 0.29) is 0 Å². The third-order valence-corrected chi connectivity index (χ3v) is 2.39. The number of rotatable bonds is 1. The molecular weight excluding hydrogens is 178 g/mol. The molecule has 9 heavy (non-hydrogen) atoms. The molecule has 0 radical (unpaired) electrons. The van der Waals surface area contributed by atoms with Gasteiger partial charge in [-0.15, -0.1) is 0 Å². The molecule has 0 fully saturated rings. The molecule has 0 atom stereocenters. The molecule has 2 heteroatoms. The van der Waals surface area contributed by atoms with Crippen molar-refractivity contribution in [3.8, 4) is 0 Å². The molecule has 0 aliphatic heterocycles. The van der Waals surface area contributed by atoms with Gasteiger partial charge in [-0.1, -0.05) is 0 Å². The minimum atomic E-state index is 1.11. The average Bonchev–Trinajstić information content (AvgIpc) is 1.89. The van der Waals surface area contributed by atoms with E-state index in [0.717, 1.165) is 18.1 Å². The molecule has 1 aromatic carbocycles. The van der Waals surface area contributed by atoms with Gasteiger partial charge in [0, 0.05) is 0 Å². The van der Waals surface area contributed by atoms with Crippen LogP contribution >= 0.6 is 10.2 Å². The van der Waals surface area contributed by atoms with Crippen LogP contribution in [0.2, 0.25) is 0 Å². The predicted molar refractivity (Wildman–Crippen MR) is 36.7 cm³/mol. The van der Waals surface area contributed by atoms with Crippen molar-refractivity contribution < 1.29 is 13.5 Å². The zero-order valence-electron chi connectivity index (χ0n) is 5.00. The van der Waals surface area contributed by atoms with Crippen LogP contribution in [-0.2, 0) is 13.5 Å². The van der Waals surface area contributed by atoms with Gasteiger partial charge in [0.25, 0.3) is 0 Å². The molecule has 0 amide bonds. The van der Waals surface area contributed by atoms with Crippen LogP contribution in [0.25, 0.3) is 0 Å². The van der Waals surface area contributed by atoms with E-state index >= 15 is 0 Å². The van der Waals surface area contributed by atoms with Crippen LogP contribution in [0.3, 0.4) is 0 Å². The third kappa shape index (κ3) is 1.71. The summed E-state index contributed by atoms with van der Waals surface area (Å²) in [4.78, 5) is 0. The Labute approximate surface area is 65.3 Å². The maximum absolute atomic E-state index is 5.57. The Kier molecular flexibility index (Phi) is 2.56. The Bertz CT molecular complexity index is 198. The zero-order chi connectivity index (χ0) is 6.69. The molecule has 0 aliphatic carbocycles. The van der Waals surface area contributed by atoms with Crippen molar-refractivity contribution in [2.75, 3.05) is 0 Å². The van der Waals surface area contributed by atoms with Crippen LogP contribution in [0.5, 0.6) is 0 Å². The van der Waals surface area contributed by atoms with Crippen molar-refractivity contribution in [1.29, 1.82) is 0 Å². The van der Waals surface area contributed by atoms with Gasteiger partial charge in [-0.25, -0.2) is 0 Å². The van der Waals surface area contributed by atoms with Crippen molar-refractivity contribution in [2.45, 2.75) is 6.92 Å². The topological polar surface area (TPSA) is 0 Å². The molecule has 0 aliphatic rings. The van der Waals surface area contributed by atoms with Gasteiger partial charge in [-0.3, -0.25) is 0 Å². The summed E-state index contributed by atoms with van der Waals surface area (Å²) < 4.78 is 1.16. The van der Waals surface area contributed by atoms with Crippen LogP contribution in [0.1, 0.15) is 5.56 Å². The second-order valence-electron chi connectivity index (χ2n) is 1.78. The van der Waals surface area contributed by atoms with E-state index in [1.54, 1.807) is 0 Å². The Morgan fingerprint density at radius 3 is 2.44 bits per heavy atom. The minimum absolute atomic E-state index is 1.11. The zero-order valence-corrected chi connectivity index (χ0v) is 6.75. The molecular formula is C7H7ClNi. The first kappa shape index (κ1) is 7.11. The Balaban J connectivity index is 3.01. The summed E-state index contributed by atoms with van der Waals surface area (Å²) in [5, 5.41) is 0. The maximum atomic E-state index is 5.57. The summed E-state index contributed by atoms with van der Waals surface area (Å²) >= 11 is 1.11. The second kappa shape index (κ2) is 3.24. The monoisotopic (exact) mass is 184 g/mol. The fourth-order valence-electron chi connectivity index (χ4n) is 0.607. The molecule has 0 spiro atoms. The van der Waals surface area contributed by atoms with Crippen molar-refractivity contribution >= 4 is 14.7 Å². The molecule has 0 unspecified atom stereocenters. The molecule has 0 N–H and O–H groups in total. The number of benzene rings is 1. The van der Waals surface area contributed by atoms with E-state index < -0.39 is 0 Å². The fraction of sp³-hybridized carbons (Fsp3) is 0.143. The SMILES string of the molecule is Cc1cccc[c]1[Ni][Cl]. The first-order valence-electron chi connectivity index (χ1n) is 2.60. The van der Waals surface area contributed by atoms with Crippen LogP contribution in [-0.4, -0.2) is 0 Å². The van der Waals surface area contributed by atoms with Crippen LogP contribution in [0.4, 0.5) is 0 Å². The van der Waals surface area contributed by atoms with E-state index in [9.17, 15) is 0 Å². The summed E-state index contributed by atoms with van der Waals surface area (Å²) in [5.74, 6) is 0. The van der Waals surface area contributed by atoms with E-state index in [2.05, 4.69) is 13.0 Å². The standard InChI is InChI=1S/C7H7.ClH.Ni/c1-7-5-3-2-4-6-7;;/h2-5H,1H3;1H;/q;;+1/p-1. The third-order valence-electron chi connectivity index (χ3n) is 1.11. The summed E-state index contributed by atoms with van der Waals surface area (Å²) in [6, 6.07) is 8.07. The molecule has 0 nitrogen and oxygen atoms in total. The quantitative estimate of drug-likeness (QED) is 0.586. The van der Waals surface area contributed by atoms with Gasteiger partial charge in [-0.05, 0) is 0 Å². The van der Waals surface area contributed by atoms with Gasteiger partial charge in [-0.2, -0.15) is 0 Å². The summed E-state index contributed by atoms with van der Waals surface area (Å²) in [7, 11) is 5.57. The van der Waals surface area contributed by atoms with Crippen LogP contribution in [0, 0.1) is 6.92 Å². The van der Waals surface area contributed by atoms with Gasteiger partial charge in [0.15, 0.2) is 0 Å². The Morgan fingerprint density at radius 1 is 1.33 bits per heavy atom. The molecule has 0 aromatic heterocycles. The van der Waals surface area contributed by atoms with Crippen molar-refractivity contribution in [1.82, 2.24) is 0 Å². The Morgan fingerprint density at radius 2 is 2.00 bits per heavy atom. The van der Waals surface area contributed by atoms with Gasteiger partial charge >= 0.3 is 65.0 Å². The molecule has 0 heterocycles. The van der Waals surface area contributed by atoms with E-state index in [1.165, 1.54) is 5.56 Å².